The number of nitrogens with one attached hydrogen (secondary N) is 1. The number of aromatic hydroxyl groups is 1. The van der Waals surface area contributed by atoms with Crippen LogP contribution in [0.5, 0.6) is 5.75 Å². The third-order valence-corrected chi connectivity index (χ3v) is 3.57. The summed E-state index contributed by atoms with van der Waals surface area (Å²) in [5.74, 6) is -0.268. The molecule has 88 valence electrons. The third-order valence-electron chi connectivity index (χ3n) is 2.22. The van der Waals surface area contributed by atoms with Gasteiger partial charge >= 0.3 is 0 Å². The van der Waals surface area contributed by atoms with Gasteiger partial charge < -0.3 is 10.4 Å². The molecule has 0 aliphatic heterocycles. The highest BCUT2D eigenvalue weighted by Gasteiger charge is 2.13. The van der Waals surface area contributed by atoms with Gasteiger partial charge in [-0.1, -0.05) is 17.7 Å². The van der Waals surface area contributed by atoms with Crippen molar-refractivity contribution in [2.75, 3.05) is 5.32 Å². The molecule has 0 spiro atoms. The van der Waals surface area contributed by atoms with Crippen molar-refractivity contribution in [3.05, 3.63) is 45.1 Å². The average Bonchev–Trinajstić information content (AvgIpc) is 2.68. The summed E-state index contributed by atoms with van der Waals surface area (Å²) in [7, 11) is 0. The maximum atomic E-state index is 11.8. The minimum Gasteiger partial charge on any atom is -0.506 e. The molecule has 0 aliphatic carbocycles. The van der Waals surface area contributed by atoms with Crippen molar-refractivity contribution < 1.29 is 9.90 Å². The Bertz CT molecular complexity index is 565. The van der Waals surface area contributed by atoms with E-state index >= 15 is 0 Å². The molecule has 2 aromatic rings. The van der Waals surface area contributed by atoms with Gasteiger partial charge in [-0.3, -0.25) is 4.79 Å². The number of phenols is 1. The molecule has 17 heavy (non-hydrogen) atoms. The maximum absolute atomic E-state index is 11.8. The lowest BCUT2D eigenvalue weighted by Gasteiger charge is -2.07. The fourth-order valence-corrected chi connectivity index (χ4v) is 2.42. The van der Waals surface area contributed by atoms with Crippen molar-refractivity contribution >= 4 is 34.5 Å². The van der Waals surface area contributed by atoms with E-state index in [4.69, 9.17) is 11.6 Å². The maximum Gasteiger partial charge on any atom is 0.267 e. The number of rotatable bonds is 2. The van der Waals surface area contributed by atoms with Crippen molar-refractivity contribution in [3.63, 3.8) is 0 Å². The number of anilines is 1. The number of benzene rings is 1. The first-order valence-corrected chi connectivity index (χ1v) is 6.17. The first-order valence-electron chi connectivity index (χ1n) is 4.92. The molecule has 5 heteroatoms. The van der Waals surface area contributed by atoms with Crippen LogP contribution in [-0.2, 0) is 0 Å². The molecule has 0 aliphatic rings. The van der Waals surface area contributed by atoms with Gasteiger partial charge in [-0.15, -0.1) is 11.3 Å². The topological polar surface area (TPSA) is 49.3 Å². The molecule has 0 radical (unpaired) electrons. The zero-order valence-electron chi connectivity index (χ0n) is 9.03. The number of carbonyl (C=O) groups excluding carboxylic acids is 1. The van der Waals surface area contributed by atoms with Crippen LogP contribution >= 0.6 is 22.9 Å². The highest BCUT2D eigenvalue weighted by atomic mass is 35.5. The lowest BCUT2D eigenvalue weighted by Crippen LogP contribution is -2.10. The van der Waals surface area contributed by atoms with Crippen LogP contribution in [0.2, 0.25) is 5.02 Å². The van der Waals surface area contributed by atoms with E-state index in [0.717, 1.165) is 5.56 Å². The summed E-state index contributed by atoms with van der Waals surface area (Å²) in [6.07, 6.45) is 0. The summed E-state index contributed by atoms with van der Waals surface area (Å²) in [4.78, 5) is 12.3. The monoisotopic (exact) mass is 267 g/mol. The number of hydrogen-bond acceptors (Lipinski definition) is 3. The van der Waals surface area contributed by atoms with Crippen LogP contribution in [-0.4, -0.2) is 11.0 Å². The van der Waals surface area contributed by atoms with E-state index in [9.17, 15) is 9.90 Å². The minimum absolute atomic E-state index is 0.0472. The quantitative estimate of drug-likeness (QED) is 0.816. The van der Waals surface area contributed by atoms with Crippen molar-refractivity contribution in [3.8, 4) is 5.75 Å². The molecule has 1 heterocycles. The lowest BCUT2D eigenvalue weighted by atomic mass is 10.2. The normalized spacial score (nSPS) is 10.2. The van der Waals surface area contributed by atoms with Crippen molar-refractivity contribution in [2.45, 2.75) is 6.92 Å². The van der Waals surface area contributed by atoms with E-state index in [-0.39, 0.29) is 11.7 Å². The predicted octanol–water partition coefficient (Wildman–Crippen LogP) is 3.67. The largest absolute Gasteiger partial charge is 0.506 e. The number of aryl methyl sites for hydroxylation is 1. The van der Waals surface area contributed by atoms with Crippen LogP contribution < -0.4 is 5.32 Å². The molecular weight excluding hydrogens is 258 g/mol. The zero-order chi connectivity index (χ0) is 12.4. The smallest absolute Gasteiger partial charge is 0.267 e. The SMILES string of the molecule is Cc1ccc(NC(=O)c2sccc2Cl)c(O)c1. The first-order chi connectivity index (χ1) is 8.08. The number of amides is 1. The minimum atomic E-state index is -0.316. The van der Waals surface area contributed by atoms with Crippen molar-refractivity contribution in [2.24, 2.45) is 0 Å². The Kier molecular flexibility index (Phi) is 3.36. The predicted molar refractivity (Wildman–Crippen MR) is 70.1 cm³/mol. The fourth-order valence-electron chi connectivity index (χ4n) is 1.38. The summed E-state index contributed by atoms with van der Waals surface area (Å²) in [6, 6.07) is 6.72. The highest BCUT2D eigenvalue weighted by molar-refractivity contribution is 7.12. The van der Waals surface area contributed by atoms with Gasteiger partial charge in [-0.25, -0.2) is 0 Å². The number of halogens is 1. The number of phenolic OH excluding ortho intramolecular Hbond substituents is 1. The van der Waals surface area contributed by atoms with E-state index in [1.807, 2.05) is 13.0 Å². The molecule has 2 rings (SSSR count). The second-order valence-electron chi connectivity index (χ2n) is 3.57. The van der Waals surface area contributed by atoms with Gasteiger partial charge in [0.2, 0.25) is 0 Å². The molecule has 1 aromatic heterocycles. The Morgan fingerprint density at radius 3 is 2.76 bits per heavy atom. The van der Waals surface area contributed by atoms with Crippen LogP contribution in [0.1, 0.15) is 15.2 Å². The molecular formula is C12H10ClNO2S. The molecule has 0 saturated carbocycles. The zero-order valence-corrected chi connectivity index (χ0v) is 10.6. The van der Waals surface area contributed by atoms with Gasteiger partial charge in [0, 0.05) is 0 Å². The Balaban J connectivity index is 2.22. The van der Waals surface area contributed by atoms with E-state index in [1.165, 1.54) is 11.3 Å². The first kappa shape index (κ1) is 12.0. The van der Waals surface area contributed by atoms with E-state index < -0.39 is 0 Å². The summed E-state index contributed by atoms with van der Waals surface area (Å²) in [5, 5.41) is 14.4. The van der Waals surface area contributed by atoms with Crippen molar-refractivity contribution in [1.29, 1.82) is 0 Å². The molecule has 0 fully saturated rings. The van der Waals surface area contributed by atoms with Gasteiger partial charge in [0.1, 0.15) is 10.6 Å². The van der Waals surface area contributed by atoms with Crippen LogP contribution in [0.25, 0.3) is 0 Å². The van der Waals surface area contributed by atoms with Crippen LogP contribution in [0.3, 0.4) is 0 Å². The van der Waals surface area contributed by atoms with Crippen LogP contribution in [0.15, 0.2) is 29.6 Å². The average molecular weight is 268 g/mol. The van der Waals surface area contributed by atoms with Gasteiger partial charge in [0.25, 0.3) is 5.91 Å². The molecule has 1 amide bonds. The Hall–Kier alpha value is -1.52. The second-order valence-corrected chi connectivity index (χ2v) is 4.90. The Morgan fingerprint density at radius 1 is 1.41 bits per heavy atom. The van der Waals surface area contributed by atoms with Gasteiger partial charge in [0.05, 0.1) is 10.7 Å². The lowest BCUT2D eigenvalue weighted by molar-refractivity contribution is 0.103. The highest BCUT2D eigenvalue weighted by Crippen LogP contribution is 2.27. The number of carbonyl (C=O) groups is 1. The summed E-state index contributed by atoms with van der Waals surface area (Å²) in [6.45, 7) is 1.86. The summed E-state index contributed by atoms with van der Waals surface area (Å²) >= 11 is 7.11. The van der Waals surface area contributed by atoms with E-state index in [1.54, 1.807) is 23.6 Å². The molecule has 0 atom stereocenters. The van der Waals surface area contributed by atoms with E-state index in [2.05, 4.69) is 5.32 Å². The number of thiophene rings is 1. The fraction of sp³-hybridized carbons (Fsp3) is 0.0833. The Morgan fingerprint density at radius 2 is 2.18 bits per heavy atom. The molecule has 3 nitrogen and oxygen atoms in total. The standard InChI is InChI=1S/C12H10ClNO2S/c1-7-2-3-9(10(15)6-7)14-12(16)11-8(13)4-5-17-11/h2-6,15H,1H3,(H,14,16). The molecule has 2 N–H and O–H groups in total. The van der Waals surface area contributed by atoms with Crippen molar-refractivity contribution in [1.82, 2.24) is 0 Å². The van der Waals surface area contributed by atoms with Crippen LogP contribution in [0, 0.1) is 6.92 Å². The molecule has 0 bridgehead atoms. The molecule has 0 saturated heterocycles. The van der Waals surface area contributed by atoms with E-state index in [0.29, 0.717) is 15.6 Å². The summed E-state index contributed by atoms with van der Waals surface area (Å²) < 4.78 is 0. The molecule has 0 unspecified atom stereocenters. The van der Waals surface area contributed by atoms with Gasteiger partial charge in [0.15, 0.2) is 0 Å². The van der Waals surface area contributed by atoms with Crippen LogP contribution in [0.4, 0.5) is 5.69 Å². The third kappa shape index (κ3) is 2.60. The van der Waals surface area contributed by atoms with Gasteiger partial charge in [-0.05, 0) is 36.1 Å². The summed E-state index contributed by atoms with van der Waals surface area (Å²) in [5.41, 5.74) is 1.31. The van der Waals surface area contributed by atoms with Gasteiger partial charge in [-0.2, -0.15) is 0 Å². The second kappa shape index (κ2) is 4.77. The Labute approximate surface area is 108 Å². The number of hydrogen-bond donors (Lipinski definition) is 2. The molecule has 1 aromatic carbocycles.